The SMILES string of the molecule is COC(=O)c1cnc(C(=S)OC)c(C)c1. The van der Waals surface area contributed by atoms with Crippen LogP contribution in [0.25, 0.3) is 0 Å². The van der Waals surface area contributed by atoms with Crippen molar-refractivity contribution in [3.05, 3.63) is 29.1 Å². The number of hydrogen-bond acceptors (Lipinski definition) is 5. The predicted octanol–water partition coefficient (Wildman–Crippen LogP) is 1.50. The van der Waals surface area contributed by atoms with Crippen LogP contribution < -0.4 is 0 Å². The van der Waals surface area contributed by atoms with Crippen molar-refractivity contribution in [2.24, 2.45) is 0 Å². The van der Waals surface area contributed by atoms with Gasteiger partial charge in [0.05, 0.1) is 19.8 Å². The van der Waals surface area contributed by atoms with Crippen molar-refractivity contribution in [1.29, 1.82) is 0 Å². The van der Waals surface area contributed by atoms with Crippen molar-refractivity contribution in [2.45, 2.75) is 6.92 Å². The molecule has 0 atom stereocenters. The number of ether oxygens (including phenoxy) is 2. The van der Waals surface area contributed by atoms with Gasteiger partial charge in [-0.25, -0.2) is 4.79 Å². The van der Waals surface area contributed by atoms with Crippen LogP contribution in [0.15, 0.2) is 12.3 Å². The molecule has 0 radical (unpaired) electrons. The first kappa shape index (κ1) is 11.6. The molecule has 0 N–H and O–H groups in total. The number of hydrogen-bond donors (Lipinski definition) is 0. The Morgan fingerprint density at radius 2 is 2.07 bits per heavy atom. The molecule has 4 nitrogen and oxygen atoms in total. The van der Waals surface area contributed by atoms with Crippen LogP contribution in [-0.4, -0.2) is 30.2 Å². The molecule has 5 heteroatoms. The molecule has 0 aliphatic rings. The highest BCUT2D eigenvalue weighted by molar-refractivity contribution is 7.80. The van der Waals surface area contributed by atoms with E-state index in [0.29, 0.717) is 16.3 Å². The Kier molecular flexibility index (Phi) is 3.74. The third kappa shape index (κ3) is 2.50. The molecule has 0 bridgehead atoms. The number of carbonyl (C=O) groups is 1. The smallest absolute Gasteiger partial charge is 0.339 e. The van der Waals surface area contributed by atoms with E-state index in [9.17, 15) is 4.79 Å². The molecule has 1 aromatic rings. The Morgan fingerprint density at radius 3 is 2.53 bits per heavy atom. The standard InChI is InChI=1S/C10H11NO3S/c1-6-4-7(9(12)13-2)5-11-8(6)10(15)14-3/h4-5H,1-3H3. The minimum Gasteiger partial charge on any atom is -0.485 e. The number of rotatable bonds is 2. The molecule has 15 heavy (non-hydrogen) atoms. The monoisotopic (exact) mass is 225 g/mol. The summed E-state index contributed by atoms with van der Waals surface area (Å²) in [5, 5.41) is 0.309. The molecule has 80 valence electrons. The summed E-state index contributed by atoms with van der Waals surface area (Å²) in [5.41, 5.74) is 1.75. The maximum absolute atomic E-state index is 11.2. The lowest BCUT2D eigenvalue weighted by Gasteiger charge is -2.06. The summed E-state index contributed by atoms with van der Waals surface area (Å²) >= 11 is 4.95. The van der Waals surface area contributed by atoms with Gasteiger partial charge < -0.3 is 9.47 Å². The molecule has 0 aliphatic heterocycles. The largest absolute Gasteiger partial charge is 0.485 e. The molecule has 0 spiro atoms. The summed E-state index contributed by atoms with van der Waals surface area (Å²) in [7, 11) is 2.81. The normalized spacial score (nSPS) is 9.53. The van der Waals surface area contributed by atoms with E-state index in [1.165, 1.54) is 20.4 Å². The lowest BCUT2D eigenvalue weighted by atomic mass is 10.1. The first-order valence-electron chi connectivity index (χ1n) is 4.23. The zero-order valence-electron chi connectivity index (χ0n) is 8.73. The third-order valence-corrected chi connectivity index (χ3v) is 2.24. The Bertz CT molecular complexity index is 404. The van der Waals surface area contributed by atoms with E-state index in [1.807, 2.05) is 0 Å². The van der Waals surface area contributed by atoms with Gasteiger partial charge in [0.15, 0.2) is 0 Å². The summed E-state index contributed by atoms with van der Waals surface area (Å²) in [4.78, 5) is 15.2. The molecular formula is C10H11NO3S. The third-order valence-electron chi connectivity index (χ3n) is 1.88. The fraction of sp³-hybridized carbons (Fsp3) is 0.300. The summed E-state index contributed by atoms with van der Waals surface area (Å²) in [6.07, 6.45) is 1.42. The number of esters is 1. The van der Waals surface area contributed by atoms with Crippen molar-refractivity contribution in [1.82, 2.24) is 4.98 Å². The quantitative estimate of drug-likeness (QED) is 0.564. The topological polar surface area (TPSA) is 48.4 Å². The van der Waals surface area contributed by atoms with Crippen molar-refractivity contribution in [3.8, 4) is 0 Å². The van der Waals surface area contributed by atoms with E-state index in [-0.39, 0.29) is 0 Å². The Hall–Kier alpha value is -1.49. The van der Waals surface area contributed by atoms with Crippen LogP contribution in [0.4, 0.5) is 0 Å². The van der Waals surface area contributed by atoms with Crippen molar-refractivity contribution in [2.75, 3.05) is 14.2 Å². The molecule has 1 rings (SSSR count). The van der Waals surface area contributed by atoms with Crippen LogP contribution in [0, 0.1) is 6.92 Å². The van der Waals surface area contributed by atoms with Gasteiger partial charge in [0.1, 0.15) is 5.69 Å². The van der Waals surface area contributed by atoms with Gasteiger partial charge in [-0.3, -0.25) is 4.98 Å². The number of aryl methyl sites for hydroxylation is 1. The highest BCUT2D eigenvalue weighted by atomic mass is 32.1. The van der Waals surface area contributed by atoms with Gasteiger partial charge in [-0.05, 0) is 30.8 Å². The highest BCUT2D eigenvalue weighted by Gasteiger charge is 2.11. The zero-order chi connectivity index (χ0) is 11.4. The van der Waals surface area contributed by atoms with Gasteiger partial charge in [0, 0.05) is 6.20 Å². The fourth-order valence-corrected chi connectivity index (χ4v) is 1.33. The second-order valence-corrected chi connectivity index (χ2v) is 3.24. The molecule has 0 amide bonds. The zero-order valence-corrected chi connectivity index (χ0v) is 9.55. The lowest BCUT2D eigenvalue weighted by molar-refractivity contribution is 0.0600. The number of nitrogens with zero attached hydrogens (tertiary/aromatic N) is 1. The molecule has 0 aromatic carbocycles. The van der Waals surface area contributed by atoms with E-state index < -0.39 is 5.97 Å². The number of pyridine rings is 1. The van der Waals surface area contributed by atoms with Crippen molar-refractivity contribution >= 4 is 23.2 Å². The van der Waals surface area contributed by atoms with Gasteiger partial charge in [0.25, 0.3) is 0 Å². The van der Waals surface area contributed by atoms with Crippen LogP contribution in [0.2, 0.25) is 0 Å². The number of carbonyl (C=O) groups excluding carboxylic acids is 1. The molecule has 1 aromatic heterocycles. The number of aromatic nitrogens is 1. The lowest BCUT2D eigenvalue weighted by Crippen LogP contribution is -2.09. The summed E-state index contributed by atoms with van der Waals surface area (Å²) in [6, 6.07) is 1.67. The maximum Gasteiger partial charge on any atom is 0.339 e. The molecular weight excluding hydrogens is 214 g/mol. The summed E-state index contributed by atoms with van der Waals surface area (Å²) in [6.45, 7) is 1.81. The minimum absolute atomic E-state index is 0.309. The minimum atomic E-state index is -0.416. The van der Waals surface area contributed by atoms with Gasteiger partial charge in [-0.15, -0.1) is 0 Å². The highest BCUT2D eigenvalue weighted by Crippen LogP contribution is 2.10. The van der Waals surface area contributed by atoms with Gasteiger partial charge in [-0.2, -0.15) is 0 Å². The second-order valence-electron chi connectivity index (χ2n) is 2.87. The Balaban J connectivity index is 3.08. The maximum atomic E-state index is 11.2. The molecule has 0 aliphatic carbocycles. The van der Waals surface area contributed by atoms with Gasteiger partial charge in [-0.1, -0.05) is 0 Å². The summed E-state index contributed by atoms with van der Waals surface area (Å²) < 4.78 is 9.47. The molecule has 0 saturated heterocycles. The first-order chi connectivity index (χ1) is 7.10. The Morgan fingerprint density at radius 1 is 1.40 bits per heavy atom. The van der Waals surface area contributed by atoms with E-state index >= 15 is 0 Å². The van der Waals surface area contributed by atoms with Gasteiger partial charge >= 0.3 is 5.97 Å². The van der Waals surface area contributed by atoms with Crippen LogP contribution in [0.5, 0.6) is 0 Å². The number of methoxy groups -OCH3 is 2. The molecule has 0 saturated carbocycles. The molecule has 0 fully saturated rings. The average molecular weight is 225 g/mol. The van der Waals surface area contributed by atoms with Crippen LogP contribution in [0.1, 0.15) is 21.6 Å². The Labute approximate surface area is 93.2 Å². The van der Waals surface area contributed by atoms with Crippen molar-refractivity contribution in [3.63, 3.8) is 0 Å². The van der Waals surface area contributed by atoms with Gasteiger partial charge in [0.2, 0.25) is 5.05 Å². The van der Waals surface area contributed by atoms with E-state index in [0.717, 1.165) is 5.56 Å². The fourth-order valence-electron chi connectivity index (χ4n) is 1.11. The first-order valence-corrected chi connectivity index (χ1v) is 4.64. The van der Waals surface area contributed by atoms with Crippen LogP contribution >= 0.6 is 12.2 Å². The molecule has 0 unspecified atom stereocenters. The van der Waals surface area contributed by atoms with Crippen LogP contribution in [0.3, 0.4) is 0 Å². The van der Waals surface area contributed by atoms with E-state index in [2.05, 4.69) is 9.72 Å². The molecule has 1 heterocycles. The van der Waals surface area contributed by atoms with E-state index in [1.54, 1.807) is 13.0 Å². The second kappa shape index (κ2) is 4.84. The average Bonchev–Trinajstić information content (AvgIpc) is 2.26. The van der Waals surface area contributed by atoms with E-state index in [4.69, 9.17) is 17.0 Å². The van der Waals surface area contributed by atoms with Crippen LogP contribution in [-0.2, 0) is 9.47 Å². The summed E-state index contributed by atoms with van der Waals surface area (Å²) in [5.74, 6) is -0.416. The predicted molar refractivity (Wildman–Crippen MR) is 59.0 cm³/mol. The van der Waals surface area contributed by atoms with Crippen molar-refractivity contribution < 1.29 is 14.3 Å². The number of thiocarbonyl (C=S) groups is 1.